The van der Waals surface area contributed by atoms with Gasteiger partial charge in [0, 0.05) is 11.7 Å². The summed E-state index contributed by atoms with van der Waals surface area (Å²) >= 11 is 1.49. The molecule has 0 saturated heterocycles. The Balaban J connectivity index is 4.58. The largest absolute Gasteiger partial charge is 0.343 e. The molecule has 0 heterocycles. The van der Waals surface area contributed by atoms with E-state index in [1.165, 1.54) is 11.8 Å². The molecule has 0 aliphatic rings. The van der Waals surface area contributed by atoms with E-state index in [4.69, 9.17) is 5.26 Å². The molecule has 2 N–H and O–H groups in total. The summed E-state index contributed by atoms with van der Waals surface area (Å²) in [5.74, 6) is 0.132. The number of hydrogen-bond donors (Lipinski definition) is 2. The molecular weight excluding hydrogens is 274 g/mol. The summed E-state index contributed by atoms with van der Waals surface area (Å²) in [4.78, 5) is 24.1. The molecule has 0 aromatic carbocycles. The second kappa shape index (κ2) is 11.6. The molecule has 0 spiro atoms. The standard InChI is InChI=1S/C14H25N3O2S/c1-4-6-11(7-5-2)13(18)17-12(10-20-3)14(19)16-9-8-15/h11-12H,4-7,9-10H2,1-3H3,(H,16,19)(H,17,18). The zero-order valence-electron chi connectivity index (χ0n) is 12.6. The fourth-order valence-corrected chi connectivity index (χ4v) is 2.56. The molecule has 0 fully saturated rings. The van der Waals surface area contributed by atoms with Gasteiger partial charge in [-0.15, -0.1) is 0 Å². The Labute approximate surface area is 125 Å². The SMILES string of the molecule is CCCC(CCC)C(=O)NC(CSC)C(=O)NCC#N. The third-order valence-corrected chi connectivity index (χ3v) is 3.62. The molecule has 0 aromatic heterocycles. The van der Waals surface area contributed by atoms with E-state index in [-0.39, 0.29) is 24.3 Å². The summed E-state index contributed by atoms with van der Waals surface area (Å²) in [6, 6.07) is 1.29. The molecule has 20 heavy (non-hydrogen) atoms. The van der Waals surface area contributed by atoms with E-state index in [9.17, 15) is 9.59 Å². The summed E-state index contributed by atoms with van der Waals surface area (Å²) < 4.78 is 0. The molecule has 0 rings (SSSR count). The Bertz CT molecular complexity index is 336. The van der Waals surface area contributed by atoms with Crippen molar-refractivity contribution in [2.75, 3.05) is 18.6 Å². The highest BCUT2D eigenvalue weighted by Crippen LogP contribution is 2.14. The Morgan fingerprint density at radius 1 is 1.20 bits per heavy atom. The maximum absolute atomic E-state index is 12.2. The van der Waals surface area contributed by atoms with Gasteiger partial charge in [0.05, 0.1) is 6.07 Å². The first kappa shape index (κ1) is 18.8. The monoisotopic (exact) mass is 299 g/mol. The predicted octanol–water partition coefficient (Wildman–Crippen LogP) is 1.69. The lowest BCUT2D eigenvalue weighted by molar-refractivity contribution is -0.130. The number of thioether (sulfide) groups is 1. The fraction of sp³-hybridized carbons (Fsp3) is 0.786. The van der Waals surface area contributed by atoms with Crippen LogP contribution in [0.25, 0.3) is 0 Å². The minimum atomic E-state index is -0.568. The lowest BCUT2D eigenvalue weighted by Gasteiger charge is -2.21. The van der Waals surface area contributed by atoms with Crippen molar-refractivity contribution in [3.05, 3.63) is 0 Å². The number of nitrogens with zero attached hydrogens (tertiary/aromatic N) is 1. The van der Waals surface area contributed by atoms with Crippen LogP contribution in [0.15, 0.2) is 0 Å². The molecule has 0 aromatic rings. The van der Waals surface area contributed by atoms with Crippen LogP contribution < -0.4 is 10.6 Å². The van der Waals surface area contributed by atoms with E-state index in [0.717, 1.165) is 25.7 Å². The Kier molecular flexibility index (Phi) is 10.9. The normalized spacial score (nSPS) is 11.8. The van der Waals surface area contributed by atoms with Crippen LogP contribution in [0.3, 0.4) is 0 Å². The number of amides is 2. The fourth-order valence-electron chi connectivity index (χ4n) is 1.99. The van der Waals surface area contributed by atoms with Crippen LogP contribution >= 0.6 is 11.8 Å². The van der Waals surface area contributed by atoms with Gasteiger partial charge < -0.3 is 10.6 Å². The lowest BCUT2D eigenvalue weighted by Crippen LogP contribution is -2.50. The van der Waals surface area contributed by atoms with Crippen molar-refractivity contribution in [1.82, 2.24) is 10.6 Å². The summed E-state index contributed by atoms with van der Waals surface area (Å²) in [6.07, 6.45) is 5.46. The van der Waals surface area contributed by atoms with Gasteiger partial charge in [0.1, 0.15) is 12.6 Å². The molecule has 1 unspecified atom stereocenters. The third kappa shape index (κ3) is 7.39. The van der Waals surface area contributed by atoms with Gasteiger partial charge in [-0.25, -0.2) is 0 Å². The summed E-state index contributed by atoms with van der Waals surface area (Å²) in [7, 11) is 0. The molecule has 114 valence electrons. The lowest BCUT2D eigenvalue weighted by atomic mass is 9.97. The average Bonchev–Trinajstić information content (AvgIpc) is 2.43. The highest BCUT2D eigenvalue weighted by Gasteiger charge is 2.24. The number of carbonyl (C=O) groups is 2. The molecule has 0 bridgehead atoms. The molecule has 2 amide bonds. The van der Waals surface area contributed by atoms with Gasteiger partial charge in [0.25, 0.3) is 0 Å². The van der Waals surface area contributed by atoms with Gasteiger partial charge in [0.2, 0.25) is 11.8 Å². The Morgan fingerprint density at radius 3 is 2.25 bits per heavy atom. The number of hydrogen-bond acceptors (Lipinski definition) is 4. The molecular formula is C14H25N3O2S. The van der Waals surface area contributed by atoms with Crippen LogP contribution in [0.1, 0.15) is 39.5 Å². The van der Waals surface area contributed by atoms with Gasteiger partial charge in [0.15, 0.2) is 0 Å². The van der Waals surface area contributed by atoms with E-state index in [1.54, 1.807) is 0 Å². The van der Waals surface area contributed by atoms with Gasteiger partial charge in [-0.1, -0.05) is 26.7 Å². The second-order valence-corrected chi connectivity index (χ2v) is 5.58. The first-order chi connectivity index (χ1) is 9.60. The third-order valence-electron chi connectivity index (χ3n) is 2.95. The minimum absolute atomic E-state index is 0.0295. The molecule has 0 aliphatic carbocycles. The average molecular weight is 299 g/mol. The molecule has 6 heteroatoms. The second-order valence-electron chi connectivity index (χ2n) is 4.67. The number of nitrogens with one attached hydrogen (secondary N) is 2. The number of nitriles is 1. The zero-order chi connectivity index (χ0) is 15.4. The predicted molar refractivity (Wildman–Crippen MR) is 82.2 cm³/mol. The highest BCUT2D eigenvalue weighted by molar-refractivity contribution is 7.98. The van der Waals surface area contributed by atoms with Crippen molar-refractivity contribution in [3.8, 4) is 6.07 Å². The van der Waals surface area contributed by atoms with Crippen molar-refractivity contribution in [2.45, 2.75) is 45.6 Å². The highest BCUT2D eigenvalue weighted by atomic mass is 32.2. The summed E-state index contributed by atoms with van der Waals surface area (Å²) in [6.45, 7) is 4.07. The zero-order valence-corrected chi connectivity index (χ0v) is 13.4. The minimum Gasteiger partial charge on any atom is -0.343 e. The van der Waals surface area contributed by atoms with E-state index >= 15 is 0 Å². The van der Waals surface area contributed by atoms with Gasteiger partial charge in [-0.05, 0) is 19.1 Å². The summed E-state index contributed by atoms with van der Waals surface area (Å²) in [5.41, 5.74) is 0. The van der Waals surface area contributed by atoms with Gasteiger partial charge in [-0.3, -0.25) is 9.59 Å². The van der Waals surface area contributed by atoms with Crippen LogP contribution in [0.2, 0.25) is 0 Å². The molecule has 1 atom stereocenters. The first-order valence-corrected chi connectivity index (χ1v) is 8.43. The molecule has 5 nitrogen and oxygen atoms in total. The van der Waals surface area contributed by atoms with Crippen molar-refractivity contribution >= 4 is 23.6 Å². The topological polar surface area (TPSA) is 82.0 Å². The van der Waals surface area contributed by atoms with E-state index in [0.29, 0.717) is 5.75 Å². The maximum Gasteiger partial charge on any atom is 0.244 e. The number of carbonyl (C=O) groups excluding carboxylic acids is 2. The molecule has 0 saturated carbocycles. The van der Waals surface area contributed by atoms with E-state index in [1.807, 2.05) is 12.3 Å². The van der Waals surface area contributed by atoms with E-state index < -0.39 is 6.04 Å². The maximum atomic E-state index is 12.2. The Morgan fingerprint density at radius 2 is 1.80 bits per heavy atom. The van der Waals surface area contributed by atoms with Crippen molar-refractivity contribution in [2.24, 2.45) is 5.92 Å². The van der Waals surface area contributed by atoms with Crippen LogP contribution in [0.5, 0.6) is 0 Å². The summed E-state index contributed by atoms with van der Waals surface area (Å²) in [5, 5.41) is 13.8. The number of rotatable bonds is 10. The van der Waals surface area contributed by atoms with Gasteiger partial charge in [-0.2, -0.15) is 17.0 Å². The van der Waals surface area contributed by atoms with Gasteiger partial charge >= 0.3 is 0 Å². The smallest absolute Gasteiger partial charge is 0.244 e. The van der Waals surface area contributed by atoms with Crippen LogP contribution in [-0.4, -0.2) is 36.4 Å². The van der Waals surface area contributed by atoms with Crippen molar-refractivity contribution in [1.29, 1.82) is 5.26 Å². The van der Waals surface area contributed by atoms with Crippen molar-refractivity contribution in [3.63, 3.8) is 0 Å². The molecule has 0 aliphatic heterocycles. The van der Waals surface area contributed by atoms with Crippen LogP contribution in [0.4, 0.5) is 0 Å². The van der Waals surface area contributed by atoms with Crippen LogP contribution in [0, 0.1) is 17.2 Å². The van der Waals surface area contributed by atoms with Crippen molar-refractivity contribution < 1.29 is 9.59 Å². The molecule has 0 radical (unpaired) electrons. The first-order valence-electron chi connectivity index (χ1n) is 7.04. The van der Waals surface area contributed by atoms with Crippen LogP contribution in [-0.2, 0) is 9.59 Å². The quantitative estimate of drug-likeness (QED) is 0.601. The Hall–Kier alpha value is -1.22. The van der Waals surface area contributed by atoms with E-state index in [2.05, 4.69) is 24.5 Å².